The first kappa shape index (κ1) is 19.5. The normalized spacial score (nSPS) is 22.0. The lowest BCUT2D eigenvalue weighted by Gasteiger charge is -2.41. The van der Waals surface area contributed by atoms with E-state index in [4.69, 9.17) is 0 Å². The molecule has 0 saturated carbocycles. The van der Waals surface area contributed by atoms with Crippen molar-refractivity contribution in [3.63, 3.8) is 0 Å². The van der Waals surface area contributed by atoms with Gasteiger partial charge in [0.25, 0.3) is 5.91 Å². The highest BCUT2D eigenvalue weighted by atomic mass is 16.4. The molecule has 3 heterocycles. The summed E-state index contributed by atoms with van der Waals surface area (Å²) in [6.45, 7) is 9.35. The van der Waals surface area contributed by atoms with Crippen LogP contribution in [0.2, 0.25) is 0 Å². The third kappa shape index (κ3) is 4.21. The number of likely N-dealkylation sites (tertiary alicyclic amines) is 2. The van der Waals surface area contributed by atoms with Crippen LogP contribution >= 0.6 is 0 Å². The van der Waals surface area contributed by atoms with Crippen molar-refractivity contribution in [1.29, 1.82) is 0 Å². The van der Waals surface area contributed by atoms with Crippen LogP contribution in [0.5, 0.6) is 0 Å². The van der Waals surface area contributed by atoms with Gasteiger partial charge in [-0.3, -0.25) is 14.5 Å². The minimum atomic E-state index is -0.713. The molecule has 0 aromatic carbocycles. The molecule has 1 N–H and O–H groups in total. The summed E-state index contributed by atoms with van der Waals surface area (Å²) in [6.07, 6.45) is 3.61. The summed E-state index contributed by atoms with van der Waals surface area (Å²) >= 11 is 0. The third-order valence-corrected chi connectivity index (χ3v) is 5.93. The minimum absolute atomic E-state index is 0.0557. The maximum Gasteiger partial charge on any atom is 0.308 e. The second-order valence-electron chi connectivity index (χ2n) is 8.19. The molecular weight excluding hydrogens is 342 g/mol. The van der Waals surface area contributed by atoms with E-state index in [-0.39, 0.29) is 17.2 Å². The fraction of sp³-hybridized carbons (Fsp3) is 0.571. The van der Waals surface area contributed by atoms with E-state index >= 15 is 0 Å². The molecule has 1 spiro atoms. The molecule has 3 rings (SSSR count). The standard InChI is InChI=1S/C21H29N3O3/c1-15(2)7-10-23-13-17(20(26)27)21(14-23)8-11-24(12-9-21)19(25)18-6-4-5-16(3)22-18/h4-7,17H,8-14H2,1-3H3,(H,26,27). The Morgan fingerprint density at radius 2 is 2.00 bits per heavy atom. The number of aromatic nitrogens is 1. The predicted molar refractivity (Wildman–Crippen MR) is 104 cm³/mol. The molecule has 0 bridgehead atoms. The SMILES string of the molecule is CC(C)=CCN1CC(C(=O)O)C2(CCN(C(=O)c3cccc(C)n3)CC2)C1. The first-order valence-corrected chi connectivity index (χ1v) is 9.62. The molecule has 6 heteroatoms. The lowest BCUT2D eigenvalue weighted by Crippen LogP contribution is -2.48. The van der Waals surface area contributed by atoms with E-state index < -0.39 is 5.97 Å². The lowest BCUT2D eigenvalue weighted by molar-refractivity contribution is -0.145. The Bertz CT molecular complexity index is 747. The number of nitrogens with zero attached hydrogens (tertiary/aromatic N) is 3. The van der Waals surface area contributed by atoms with Crippen LogP contribution in [0, 0.1) is 18.3 Å². The van der Waals surface area contributed by atoms with Gasteiger partial charge >= 0.3 is 5.97 Å². The van der Waals surface area contributed by atoms with Crippen molar-refractivity contribution in [3.05, 3.63) is 41.2 Å². The number of carboxylic acids is 1. The van der Waals surface area contributed by atoms with Gasteiger partial charge in [0, 0.05) is 43.8 Å². The number of rotatable bonds is 4. The summed E-state index contributed by atoms with van der Waals surface area (Å²) in [6, 6.07) is 5.47. The zero-order valence-corrected chi connectivity index (χ0v) is 16.4. The van der Waals surface area contributed by atoms with Crippen LogP contribution in [0.3, 0.4) is 0 Å². The first-order valence-electron chi connectivity index (χ1n) is 9.62. The Morgan fingerprint density at radius 3 is 2.59 bits per heavy atom. The summed E-state index contributed by atoms with van der Waals surface area (Å²) in [5.74, 6) is -1.13. The number of pyridine rings is 1. The number of hydrogen-bond donors (Lipinski definition) is 1. The van der Waals surface area contributed by atoms with Crippen molar-refractivity contribution >= 4 is 11.9 Å². The average Bonchev–Trinajstić information content (AvgIpc) is 2.98. The second-order valence-corrected chi connectivity index (χ2v) is 8.19. The van der Waals surface area contributed by atoms with Crippen LogP contribution in [0.25, 0.3) is 0 Å². The number of carbonyl (C=O) groups excluding carboxylic acids is 1. The third-order valence-electron chi connectivity index (χ3n) is 5.93. The molecule has 146 valence electrons. The van der Waals surface area contributed by atoms with Gasteiger partial charge in [-0.1, -0.05) is 17.7 Å². The van der Waals surface area contributed by atoms with E-state index in [1.807, 2.05) is 24.0 Å². The van der Waals surface area contributed by atoms with Crippen LogP contribution in [0.1, 0.15) is 42.9 Å². The zero-order chi connectivity index (χ0) is 19.6. The van der Waals surface area contributed by atoms with Crippen molar-refractivity contribution in [2.75, 3.05) is 32.7 Å². The van der Waals surface area contributed by atoms with Gasteiger partial charge in [-0.25, -0.2) is 4.98 Å². The molecule has 2 aliphatic rings. The van der Waals surface area contributed by atoms with Crippen molar-refractivity contribution in [1.82, 2.24) is 14.8 Å². The van der Waals surface area contributed by atoms with Crippen molar-refractivity contribution in [3.8, 4) is 0 Å². The molecule has 2 aliphatic heterocycles. The lowest BCUT2D eigenvalue weighted by atomic mass is 9.71. The molecule has 0 radical (unpaired) electrons. The summed E-state index contributed by atoms with van der Waals surface area (Å²) < 4.78 is 0. The topological polar surface area (TPSA) is 73.7 Å². The Kier molecular flexibility index (Phi) is 5.65. The molecule has 1 aromatic heterocycles. The van der Waals surface area contributed by atoms with Crippen molar-refractivity contribution in [2.45, 2.75) is 33.6 Å². The number of piperidine rings is 1. The molecular formula is C21H29N3O3. The monoisotopic (exact) mass is 371 g/mol. The summed E-state index contributed by atoms with van der Waals surface area (Å²) in [5.41, 5.74) is 2.30. The summed E-state index contributed by atoms with van der Waals surface area (Å²) in [5, 5.41) is 9.78. The van der Waals surface area contributed by atoms with E-state index in [0.717, 1.165) is 31.6 Å². The highest BCUT2D eigenvalue weighted by Gasteiger charge is 2.51. The fourth-order valence-electron chi connectivity index (χ4n) is 4.35. The smallest absolute Gasteiger partial charge is 0.308 e. The molecule has 6 nitrogen and oxygen atoms in total. The maximum atomic E-state index is 12.7. The van der Waals surface area contributed by atoms with Crippen LogP contribution in [-0.2, 0) is 4.79 Å². The second kappa shape index (κ2) is 7.80. The minimum Gasteiger partial charge on any atom is -0.481 e. The molecule has 1 unspecified atom stereocenters. The van der Waals surface area contributed by atoms with E-state index in [1.54, 1.807) is 6.07 Å². The van der Waals surface area contributed by atoms with Gasteiger partial charge in [0.15, 0.2) is 0 Å². The van der Waals surface area contributed by atoms with Gasteiger partial charge in [-0.2, -0.15) is 0 Å². The highest BCUT2D eigenvalue weighted by Crippen LogP contribution is 2.45. The largest absolute Gasteiger partial charge is 0.481 e. The van der Waals surface area contributed by atoms with E-state index in [9.17, 15) is 14.7 Å². The summed E-state index contributed by atoms with van der Waals surface area (Å²) in [4.78, 5) is 33.0. The van der Waals surface area contributed by atoms with Crippen molar-refractivity contribution < 1.29 is 14.7 Å². The molecule has 0 aliphatic carbocycles. The van der Waals surface area contributed by atoms with Crippen molar-refractivity contribution in [2.24, 2.45) is 11.3 Å². The quantitative estimate of drug-likeness (QED) is 0.824. The zero-order valence-electron chi connectivity index (χ0n) is 16.4. The number of aryl methyl sites for hydroxylation is 1. The number of amides is 1. The Morgan fingerprint density at radius 1 is 1.30 bits per heavy atom. The van der Waals surface area contributed by atoms with Crippen LogP contribution in [0.15, 0.2) is 29.8 Å². The van der Waals surface area contributed by atoms with Gasteiger partial charge in [0.05, 0.1) is 5.92 Å². The first-order chi connectivity index (χ1) is 12.8. The van der Waals surface area contributed by atoms with Gasteiger partial charge in [0.2, 0.25) is 0 Å². The van der Waals surface area contributed by atoms with Crippen LogP contribution < -0.4 is 0 Å². The number of aliphatic carboxylic acids is 1. The number of allylic oxidation sites excluding steroid dienone is 1. The van der Waals surface area contributed by atoms with Gasteiger partial charge in [0.1, 0.15) is 5.69 Å². The summed E-state index contributed by atoms with van der Waals surface area (Å²) in [7, 11) is 0. The van der Waals surface area contributed by atoms with Gasteiger partial charge in [-0.15, -0.1) is 0 Å². The number of carbonyl (C=O) groups is 2. The molecule has 2 saturated heterocycles. The van der Waals surface area contributed by atoms with Crippen LogP contribution in [0.4, 0.5) is 0 Å². The average molecular weight is 371 g/mol. The number of hydrogen-bond acceptors (Lipinski definition) is 4. The molecule has 1 aromatic rings. The molecule has 2 fully saturated rings. The highest BCUT2D eigenvalue weighted by molar-refractivity contribution is 5.92. The molecule has 1 amide bonds. The van der Waals surface area contributed by atoms with Crippen LogP contribution in [-0.4, -0.2) is 64.5 Å². The Labute approximate surface area is 160 Å². The maximum absolute atomic E-state index is 12.7. The molecule has 27 heavy (non-hydrogen) atoms. The van der Waals surface area contributed by atoms with E-state index in [2.05, 4.69) is 29.8 Å². The van der Waals surface area contributed by atoms with Gasteiger partial charge < -0.3 is 10.0 Å². The van der Waals surface area contributed by atoms with E-state index in [0.29, 0.717) is 25.3 Å². The Hall–Kier alpha value is -2.21. The van der Waals surface area contributed by atoms with E-state index in [1.165, 1.54) is 5.57 Å². The predicted octanol–water partition coefficient (Wildman–Crippen LogP) is 2.60. The molecule has 1 atom stereocenters. The fourth-order valence-corrected chi connectivity index (χ4v) is 4.35. The number of carboxylic acid groups (broad SMARTS) is 1. The van der Waals surface area contributed by atoms with Gasteiger partial charge in [-0.05, 0) is 45.7 Å². The Balaban J connectivity index is 1.69.